The Kier molecular flexibility index (Phi) is 3.76. The Hall–Kier alpha value is -3.22. The molecule has 2 heterocycles. The molecule has 0 aliphatic carbocycles. The van der Waals surface area contributed by atoms with Crippen LogP contribution >= 0.6 is 0 Å². The van der Waals surface area contributed by atoms with Gasteiger partial charge in [-0.15, -0.1) is 0 Å². The van der Waals surface area contributed by atoms with Gasteiger partial charge in [0.25, 0.3) is 0 Å². The van der Waals surface area contributed by atoms with Gasteiger partial charge in [0.15, 0.2) is 18.6 Å². The highest BCUT2D eigenvalue weighted by Crippen LogP contribution is 2.24. The quantitative estimate of drug-likeness (QED) is 0.390. The number of anilines is 1. The molecular weight excluding hydrogens is 300 g/mol. The fourth-order valence-electron chi connectivity index (χ4n) is 2.28. The average Bonchev–Trinajstić information content (AvgIpc) is 2.91. The molecule has 2 aromatic rings. The molecule has 1 aliphatic heterocycles. The van der Waals surface area contributed by atoms with Crippen LogP contribution < -0.4 is 10.0 Å². The predicted octanol–water partition coefficient (Wildman–Crippen LogP) is 0.854. The van der Waals surface area contributed by atoms with E-state index in [0.29, 0.717) is 16.0 Å². The normalized spacial score (nSPS) is 12.4. The number of ketones is 1. The van der Waals surface area contributed by atoms with E-state index in [9.17, 15) is 19.6 Å². The third-order valence-corrected chi connectivity index (χ3v) is 3.42. The second kappa shape index (κ2) is 5.88. The van der Waals surface area contributed by atoms with Crippen LogP contribution in [-0.4, -0.2) is 24.3 Å². The molecule has 0 spiro atoms. The summed E-state index contributed by atoms with van der Waals surface area (Å²) in [4.78, 5) is 35.1. The maximum atomic E-state index is 12.1. The van der Waals surface area contributed by atoms with Gasteiger partial charge in [0.05, 0.1) is 6.42 Å². The number of nitrogens with one attached hydrogen (secondary N) is 1. The lowest BCUT2D eigenvalue weighted by Gasteiger charge is -2.06. The number of fused-ring (bicyclic) bond motifs is 1. The molecule has 0 bridgehead atoms. The van der Waals surface area contributed by atoms with Crippen molar-refractivity contribution in [2.75, 3.05) is 11.9 Å². The molecule has 0 unspecified atom stereocenters. The number of carbonyl (C=O) groups is 3. The highest BCUT2D eigenvalue weighted by atomic mass is 16.5. The van der Waals surface area contributed by atoms with Gasteiger partial charge in [0.2, 0.25) is 5.91 Å². The van der Waals surface area contributed by atoms with Gasteiger partial charge < -0.3 is 15.3 Å². The van der Waals surface area contributed by atoms with Crippen LogP contribution in [-0.2, 0) is 16.0 Å². The van der Waals surface area contributed by atoms with Gasteiger partial charge in [-0.3, -0.25) is 9.59 Å². The number of ether oxygens (including phenoxy) is 1. The van der Waals surface area contributed by atoms with E-state index in [2.05, 4.69) is 5.32 Å². The fourth-order valence-corrected chi connectivity index (χ4v) is 2.28. The van der Waals surface area contributed by atoms with E-state index >= 15 is 0 Å². The van der Waals surface area contributed by atoms with E-state index in [-0.39, 0.29) is 18.0 Å². The van der Waals surface area contributed by atoms with Gasteiger partial charge in [0.1, 0.15) is 0 Å². The van der Waals surface area contributed by atoms with Gasteiger partial charge in [0, 0.05) is 23.4 Å². The predicted molar refractivity (Wildman–Crippen MR) is 78.8 cm³/mol. The minimum atomic E-state index is -0.869. The van der Waals surface area contributed by atoms with Crippen molar-refractivity contribution in [3.63, 3.8) is 0 Å². The lowest BCUT2D eigenvalue weighted by molar-refractivity contribution is -0.608. The zero-order chi connectivity index (χ0) is 16.4. The van der Waals surface area contributed by atoms with Gasteiger partial charge in [-0.1, -0.05) is 0 Å². The first-order valence-electron chi connectivity index (χ1n) is 6.86. The summed E-state index contributed by atoms with van der Waals surface area (Å²) in [6, 6.07) is 9.10. The zero-order valence-electron chi connectivity index (χ0n) is 11.9. The molecule has 7 heteroatoms. The van der Waals surface area contributed by atoms with Crippen LogP contribution in [0.25, 0.3) is 0 Å². The molecule has 0 radical (unpaired) electrons. The summed E-state index contributed by atoms with van der Waals surface area (Å²) in [5, 5.41) is 14.1. The summed E-state index contributed by atoms with van der Waals surface area (Å²) >= 11 is 0. The topological polar surface area (TPSA) is 99.4 Å². The highest BCUT2D eigenvalue weighted by Gasteiger charge is 2.21. The molecule has 116 valence electrons. The Morgan fingerprint density at radius 3 is 2.87 bits per heavy atom. The van der Waals surface area contributed by atoms with Crippen LogP contribution in [0.3, 0.4) is 0 Å². The van der Waals surface area contributed by atoms with Crippen LogP contribution in [0.2, 0.25) is 0 Å². The van der Waals surface area contributed by atoms with Crippen LogP contribution in [0.1, 0.15) is 26.4 Å². The Morgan fingerprint density at radius 2 is 2.09 bits per heavy atom. The van der Waals surface area contributed by atoms with E-state index in [1.165, 1.54) is 24.4 Å². The van der Waals surface area contributed by atoms with Gasteiger partial charge in [-0.25, -0.2) is 4.79 Å². The highest BCUT2D eigenvalue weighted by molar-refractivity contribution is 6.03. The first kappa shape index (κ1) is 14.7. The number of nitrogens with zero attached hydrogens (tertiary/aromatic N) is 1. The van der Waals surface area contributed by atoms with Crippen molar-refractivity contribution in [2.45, 2.75) is 6.42 Å². The van der Waals surface area contributed by atoms with E-state index in [0.717, 1.165) is 5.56 Å². The molecule has 0 saturated heterocycles. The fraction of sp³-hybridized carbons (Fsp3) is 0.125. The number of carbonyl (C=O) groups excluding carboxylic acids is 3. The number of Topliss-reactive ketones (excluding diaryl/α,β-unsaturated/α-hetero) is 1. The van der Waals surface area contributed by atoms with E-state index in [1.807, 2.05) is 0 Å². The van der Waals surface area contributed by atoms with Crippen LogP contribution in [0.15, 0.2) is 42.6 Å². The summed E-state index contributed by atoms with van der Waals surface area (Å²) < 4.78 is 5.25. The average molecular weight is 312 g/mol. The van der Waals surface area contributed by atoms with Gasteiger partial charge in [-0.2, -0.15) is 4.73 Å². The second-order valence-electron chi connectivity index (χ2n) is 5.01. The van der Waals surface area contributed by atoms with E-state index in [1.54, 1.807) is 18.2 Å². The van der Waals surface area contributed by atoms with Crippen molar-refractivity contribution >= 4 is 23.3 Å². The first-order chi connectivity index (χ1) is 11.0. The largest absolute Gasteiger partial charge is 0.618 e. The van der Waals surface area contributed by atoms with Crippen molar-refractivity contribution in [3.05, 3.63) is 64.6 Å². The summed E-state index contributed by atoms with van der Waals surface area (Å²) in [5.74, 6) is -1.40. The minimum Gasteiger partial charge on any atom is -0.618 e. The number of hydrogen-bond acceptors (Lipinski definition) is 5. The number of rotatable bonds is 4. The molecule has 7 nitrogen and oxygen atoms in total. The lowest BCUT2D eigenvalue weighted by Crippen LogP contribution is -2.35. The smallest absolute Gasteiger partial charge is 0.405 e. The van der Waals surface area contributed by atoms with Gasteiger partial charge >= 0.3 is 11.7 Å². The number of amides is 1. The Morgan fingerprint density at radius 1 is 1.26 bits per heavy atom. The molecule has 23 heavy (non-hydrogen) atoms. The number of hydrogen-bond donors (Lipinski definition) is 1. The SMILES string of the molecule is O=C1Cc2cc(C(=O)COC(=O)c3cccc[n+]3[O-])ccc2N1. The number of benzene rings is 1. The minimum absolute atomic E-state index is 0.125. The molecule has 1 N–H and O–H groups in total. The first-order valence-corrected chi connectivity index (χ1v) is 6.86. The monoisotopic (exact) mass is 312 g/mol. The van der Waals surface area contributed by atoms with Crippen molar-refractivity contribution < 1.29 is 23.9 Å². The zero-order valence-corrected chi connectivity index (χ0v) is 11.9. The lowest BCUT2D eigenvalue weighted by atomic mass is 10.1. The maximum Gasteiger partial charge on any atom is 0.405 e. The molecule has 3 rings (SSSR count). The number of pyridine rings is 1. The standard InChI is InChI=1S/C16H12N2O5/c19-14(9-23-16(21)13-3-1-2-6-18(13)22)10-4-5-12-11(7-10)8-15(20)17-12/h1-7H,8-9H2,(H,17,20). The van der Waals surface area contributed by atoms with Crippen molar-refractivity contribution in [2.24, 2.45) is 0 Å². The Bertz CT molecular complexity index is 816. The summed E-state index contributed by atoms with van der Waals surface area (Å²) in [6.07, 6.45) is 1.39. The second-order valence-corrected chi connectivity index (χ2v) is 5.01. The molecular formula is C16H12N2O5. The van der Waals surface area contributed by atoms with Gasteiger partial charge in [-0.05, 0) is 29.8 Å². The molecule has 1 aromatic carbocycles. The third-order valence-electron chi connectivity index (χ3n) is 3.42. The van der Waals surface area contributed by atoms with Crippen LogP contribution in [0.5, 0.6) is 0 Å². The van der Waals surface area contributed by atoms with Crippen LogP contribution in [0, 0.1) is 5.21 Å². The Balaban J connectivity index is 1.66. The summed E-state index contributed by atoms with van der Waals surface area (Å²) in [6.45, 7) is -0.478. The maximum absolute atomic E-state index is 12.1. The molecule has 1 aromatic heterocycles. The summed E-state index contributed by atoms with van der Waals surface area (Å²) in [5.41, 5.74) is 1.56. The molecule has 0 fully saturated rings. The summed E-state index contributed by atoms with van der Waals surface area (Å²) in [7, 11) is 0. The van der Waals surface area contributed by atoms with Crippen molar-refractivity contribution in [1.82, 2.24) is 0 Å². The molecule has 1 amide bonds. The number of esters is 1. The van der Waals surface area contributed by atoms with Crippen molar-refractivity contribution in [1.29, 1.82) is 0 Å². The Labute approximate surface area is 131 Å². The third kappa shape index (κ3) is 3.03. The van der Waals surface area contributed by atoms with E-state index < -0.39 is 18.4 Å². The van der Waals surface area contributed by atoms with Crippen molar-refractivity contribution in [3.8, 4) is 0 Å². The van der Waals surface area contributed by atoms with Crippen LogP contribution in [0.4, 0.5) is 5.69 Å². The molecule has 0 saturated carbocycles. The van der Waals surface area contributed by atoms with E-state index in [4.69, 9.17) is 4.74 Å². The molecule has 0 atom stereocenters. The molecule has 1 aliphatic rings. The number of aromatic nitrogens is 1.